The van der Waals surface area contributed by atoms with Gasteiger partial charge in [0.25, 0.3) is 0 Å². The number of hydrogen-bond acceptors (Lipinski definition) is 2. The second-order valence-electron chi connectivity index (χ2n) is 4.40. The normalized spacial score (nSPS) is 12.2. The lowest BCUT2D eigenvalue weighted by molar-refractivity contribution is 0.338. The SMILES string of the molecule is CCOc1ccc(C(NC)c2ccc(I)cc2)cc1Br. The van der Waals surface area contributed by atoms with Crippen LogP contribution in [0.15, 0.2) is 46.9 Å². The van der Waals surface area contributed by atoms with Crippen LogP contribution in [0, 0.1) is 3.57 Å². The summed E-state index contributed by atoms with van der Waals surface area (Å²) in [5.74, 6) is 0.883. The highest BCUT2D eigenvalue weighted by Crippen LogP contribution is 2.30. The van der Waals surface area contributed by atoms with E-state index in [1.165, 1.54) is 14.7 Å². The maximum Gasteiger partial charge on any atom is 0.133 e. The Morgan fingerprint density at radius 1 is 1.15 bits per heavy atom. The Hall–Kier alpha value is -0.590. The van der Waals surface area contributed by atoms with E-state index in [-0.39, 0.29) is 6.04 Å². The molecule has 2 aromatic carbocycles. The summed E-state index contributed by atoms with van der Waals surface area (Å²) in [7, 11) is 1.98. The van der Waals surface area contributed by atoms with Gasteiger partial charge >= 0.3 is 0 Å². The molecule has 20 heavy (non-hydrogen) atoms. The number of hydrogen-bond donors (Lipinski definition) is 1. The van der Waals surface area contributed by atoms with E-state index >= 15 is 0 Å². The van der Waals surface area contributed by atoms with Crippen LogP contribution in [-0.2, 0) is 0 Å². The number of rotatable bonds is 5. The summed E-state index contributed by atoms with van der Waals surface area (Å²) in [6.45, 7) is 2.66. The minimum absolute atomic E-state index is 0.180. The van der Waals surface area contributed by atoms with E-state index in [4.69, 9.17) is 4.74 Å². The van der Waals surface area contributed by atoms with Gasteiger partial charge in [-0.05, 0) is 87.9 Å². The zero-order chi connectivity index (χ0) is 14.5. The first-order valence-electron chi connectivity index (χ1n) is 6.50. The van der Waals surface area contributed by atoms with Gasteiger partial charge in [0.05, 0.1) is 17.1 Å². The van der Waals surface area contributed by atoms with Gasteiger partial charge in [0.2, 0.25) is 0 Å². The molecule has 0 spiro atoms. The molecule has 2 rings (SSSR count). The van der Waals surface area contributed by atoms with E-state index in [0.29, 0.717) is 6.61 Å². The Morgan fingerprint density at radius 3 is 2.35 bits per heavy atom. The third-order valence-electron chi connectivity index (χ3n) is 3.08. The largest absolute Gasteiger partial charge is 0.493 e. The first-order chi connectivity index (χ1) is 9.65. The number of nitrogens with one attached hydrogen (secondary N) is 1. The molecule has 1 N–H and O–H groups in total. The van der Waals surface area contributed by atoms with Gasteiger partial charge in [-0.1, -0.05) is 18.2 Å². The summed E-state index contributed by atoms with van der Waals surface area (Å²) < 4.78 is 7.79. The fourth-order valence-corrected chi connectivity index (χ4v) is 3.02. The Kier molecular flexibility index (Phi) is 5.86. The average molecular weight is 446 g/mol. The van der Waals surface area contributed by atoms with Gasteiger partial charge in [-0.25, -0.2) is 0 Å². The van der Waals surface area contributed by atoms with Gasteiger partial charge in [-0.3, -0.25) is 0 Å². The molecule has 0 saturated carbocycles. The zero-order valence-electron chi connectivity index (χ0n) is 11.5. The first kappa shape index (κ1) is 15.8. The van der Waals surface area contributed by atoms with E-state index in [2.05, 4.69) is 80.2 Å². The second kappa shape index (κ2) is 7.43. The molecule has 0 aliphatic carbocycles. The van der Waals surface area contributed by atoms with Crippen molar-refractivity contribution in [3.8, 4) is 5.75 Å². The molecule has 1 atom stereocenters. The van der Waals surface area contributed by atoms with E-state index in [1.807, 2.05) is 20.0 Å². The Bertz CT molecular complexity index is 571. The van der Waals surface area contributed by atoms with Crippen molar-refractivity contribution in [1.82, 2.24) is 5.32 Å². The molecule has 0 saturated heterocycles. The van der Waals surface area contributed by atoms with Gasteiger partial charge in [-0.2, -0.15) is 0 Å². The van der Waals surface area contributed by atoms with Crippen LogP contribution in [0.4, 0.5) is 0 Å². The lowest BCUT2D eigenvalue weighted by atomic mass is 9.99. The van der Waals surface area contributed by atoms with Gasteiger partial charge in [-0.15, -0.1) is 0 Å². The number of halogens is 2. The molecule has 0 bridgehead atoms. The molecule has 0 fully saturated rings. The predicted molar refractivity (Wildman–Crippen MR) is 95.4 cm³/mol. The first-order valence-corrected chi connectivity index (χ1v) is 8.38. The lowest BCUT2D eigenvalue weighted by Gasteiger charge is -2.18. The highest BCUT2D eigenvalue weighted by molar-refractivity contribution is 14.1. The molecule has 106 valence electrons. The van der Waals surface area contributed by atoms with Gasteiger partial charge < -0.3 is 10.1 Å². The van der Waals surface area contributed by atoms with Gasteiger partial charge in [0.1, 0.15) is 5.75 Å². The molecule has 4 heteroatoms. The van der Waals surface area contributed by atoms with Crippen molar-refractivity contribution in [2.45, 2.75) is 13.0 Å². The van der Waals surface area contributed by atoms with Crippen LogP contribution in [0.5, 0.6) is 5.75 Å². The van der Waals surface area contributed by atoms with Crippen LogP contribution in [0.2, 0.25) is 0 Å². The molecule has 0 radical (unpaired) electrons. The molecule has 0 aliphatic heterocycles. The molecule has 2 aromatic rings. The number of benzene rings is 2. The Morgan fingerprint density at radius 2 is 1.80 bits per heavy atom. The molecular weight excluding hydrogens is 429 g/mol. The summed E-state index contributed by atoms with van der Waals surface area (Å²) in [5.41, 5.74) is 2.47. The Labute approximate surface area is 142 Å². The van der Waals surface area contributed by atoms with Gasteiger partial charge in [0.15, 0.2) is 0 Å². The summed E-state index contributed by atoms with van der Waals surface area (Å²) >= 11 is 5.90. The molecule has 2 nitrogen and oxygen atoms in total. The fraction of sp³-hybridized carbons (Fsp3) is 0.250. The van der Waals surface area contributed by atoms with Crippen molar-refractivity contribution in [2.24, 2.45) is 0 Å². The van der Waals surface area contributed by atoms with E-state index in [0.717, 1.165) is 10.2 Å². The van der Waals surface area contributed by atoms with Crippen molar-refractivity contribution in [1.29, 1.82) is 0 Å². The van der Waals surface area contributed by atoms with E-state index in [9.17, 15) is 0 Å². The molecule has 0 aromatic heterocycles. The standard InChI is InChI=1S/C16H17BrINO/c1-3-20-15-9-6-12(10-14(15)17)16(19-2)11-4-7-13(18)8-5-11/h4-10,16,19H,3H2,1-2H3. The summed E-state index contributed by atoms with van der Waals surface area (Å²) in [4.78, 5) is 0. The molecule has 0 aliphatic rings. The predicted octanol–water partition coefficient (Wildman–Crippen LogP) is 4.76. The molecule has 0 amide bonds. The summed E-state index contributed by atoms with van der Waals surface area (Å²) in [5, 5.41) is 3.37. The van der Waals surface area contributed by atoms with E-state index in [1.54, 1.807) is 0 Å². The molecule has 1 unspecified atom stereocenters. The maximum atomic E-state index is 5.56. The quantitative estimate of drug-likeness (QED) is 0.670. The lowest BCUT2D eigenvalue weighted by Crippen LogP contribution is -2.17. The van der Waals surface area contributed by atoms with Crippen molar-refractivity contribution in [3.63, 3.8) is 0 Å². The smallest absolute Gasteiger partial charge is 0.133 e. The third kappa shape index (κ3) is 3.74. The van der Waals surface area contributed by atoms with Crippen LogP contribution < -0.4 is 10.1 Å². The van der Waals surface area contributed by atoms with Crippen molar-refractivity contribution < 1.29 is 4.74 Å². The highest BCUT2D eigenvalue weighted by Gasteiger charge is 2.13. The topological polar surface area (TPSA) is 21.3 Å². The fourth-order valence-electron chi connectivity index (χ4n) is 2.15. The van der Waals surface area contributed by atoms with Crippen molar-refractivity contribution in [3.05, 3.63) is 61.6 Å². The van der Waals surface area contributed by atoms with Crippen molar-refractivity contribution in [2.75, 3.05) is 13.7 Å². The minimum atomic E-state index is 0.180. The van der Waals surface area contributed by atoms with Crippen LogP contribution in [0.25, 0.3) is 0 Å². The van der Waals surface area contributed by atoms with Crippen LogP contribution >= 0.6 is 38.5 Å². The van der Waals surface area contributed by atoms with Crippen LogP contribution in [0.3, 0.4) is 0 Å². The third-order valence-corrected chi connectivity index (χ3v) is 4.42. The van der Waals surface area contributed by atoms with E-state index < -0.39 is 0 Å². The Balaban J connectivity index is 2.32. The maximum absolute atomic E-state index is 5.56. The zero-order valence-corrected chi connectivity index (χ0v) is 15.2. The average Bonchev–Trinajstić information content (AvgIpc) is 2.45. The monoisotopic (exact) mass is 445 g/mol. The van der Waals surface area contributed by atoms with Crippen LogP contribution in [0.1, 0.15) is 24.1 Å². The second-order valence-corrected chi connectivity index (χ2v) is 6.50. The molecule has 0 heterocycles. The van der Waals surface area contributed by atoms with Crippen LogP contribution in [-0.4, -0.2) is 13.7 Å². The van der Waals surface area contributed by atoms with Crippen molar-refractivity contribution >= 4 is 38.5 Å². The highest BCUT2D eigenvalue weighted by atomic mass is 127. The summed E-state index contributed by atoms with van der Waals surface area (Å²) in [6, 6.07) is 15.0. The molecular formula is C16H17BrINO. The minimum Gasteiger partial charge on any atom is -0.493 e. The van der Waals surface area contributed by atoms with Gasteiger partial charge in [0, 0.05) is 3.57 Å². The number of ether oxygens (including phenoxy) is 1. The summed E-state index contributed by atoms with van der Waals surface area (Å²) in [6.07, 6.45) is 0.